The third-order valence-corrected chi connectivity index (χ3v) is 1.56. The molecule has 0 radical (unpaired) electrons. The van der Waals surface area contributed by atoms with Gasteiger partial charge in [0.2, 0.25) is 0 Å². The second-order valence-corrected chi connectivity index (χ2v) is 2.70. The van der Waals surface area contributed by atoms with E-state index in [1.807, 2.05) is 0 Å². The van der Waals surface area contributed by atoms with Crippen molar-refractivity contribution in [3.05, 3.63) is 12.2 Å². The second-order valence-electron chi connectivity index (χ2n) is 2.70. The van der Waals surface area contributed by atoms with E-state index < -0.39 is 0 Å². The zero-order valence-corrected chi connectivity index (χ0v) is 6.85. The Bertz CT molecular complexity index is 72.1. The van der Waals surface area contributed by atoms with Gasteiger partial charge < -0.3 is 0 Å². The van der Waals surface area contributed by atoms with Crippen molar-refractivity contribution in [2.45, 2.75) is 40.0 Å². The molecule has 1 atom stereocenters. The van der Waals surface area contributed by atoms with E-state index in [0.29, 0.717) is 0 Å². The van der Waals surface area contributed by atoms with E-state index in [9.17, 15) is 0 Å². The van der Waals surface area contributed by atoms with Crippen molar-refractivity contribution in [1.29, 1.82) is 0 Å². The normalized spacial score (nSPS) is 14.6. The summed E-state index contributed by atoms with van der Waals surface area (Å²) in [5, 5.41) is 0. The summed E-state index contributed by atoms with van der Waals surface area (Å²) in [6, 6.07) is 0. The number of hydrogen-bond donors (Lipinski definition) is 0. The Hall–Kier alpha value is -0.260. The van der Waals surface area contributed by atoms with Gasteiger partial charge in [-0.25, -0.2) is 0 Å². The molecule has 0 heterocycles. The molecule has 0 heteroatoms. The molecule has 0 aliphatic rings. The maximum absolute atomic E-state index is 2.31. The second kappa shape index (κ2) is 5.87. The molecule has 0 aliphatic heterocycles. The van der Waals surface area contributed by atoms with Gasteiger partial charge in [-0.2, -0.15) is 0 Å². The first kappa shape index (κ1) is 8.74. The Morgan fingerprint density at radius 2 is 2.11 bits per heavy atom. The highest BCUT2D eigenvalue weighted by Gasteiger charge is 1.94. The van der Waals surface area contributed by atoms with E-state index in [1.165, 1.54) is 19.3 Å². The Balaban J connectivity index is 3.15. The summed E-state index contributed by atoms with van der Waals surface area (Å²) >= 11 is 0. The highest BCUT2D eigenvalue weighted by atomic mass is 14.0. The van der Waals surface area contributed by atoms with Crippen LogP contribution in [0.5, 0.6) is 0 Å². The van der Waals surface area contributed by atoms with Crippen LogP contribution in [-0.2, 0) is 0 Å². The summed E-state index contributed by atoms with van der Waals surface area (Å²) in [5.74, 6) is 0.881. The van der Waals surface area contributed by atoms with Crippen molar-refractivity contribution in [3.8, 4) is 0 Å². The minimum atomic E-state index is 0.881. The average Bonchev–Trinajstić information content (AvgIpc) is 1.85. The maximum atomic E-state index is 2.31. The third-order valence-electron chi connectivity index (χ3n) is 1.56. The van der Waals surface area contributed by atoms with E-state index in [-0.39, 0.29) is 0 Å². The van der Waals surface area contributed by atoms with Crippen molar-refractivity contribution < 1.29 is 0 Å². The van der Waals surface area contributed by atoms with Gasteiger partial charge in [0.1, 0.15) is 0 Å². The van der Waals surface area contributed by atoms with Crippen molar-refractivity contribution in [2.24, 2.45) is 5.92 Å². The minimum absolute atomic E-state index is 0.881. The molecule has 1 unspecified atom stereocenters. The molecule has 54 valence electrons. The minimum Gasteiger partial charge on any atom is -0.0917 e. The first-order valence-electron chi connectivity index (χ1n) is 3.92. The lowest BCUT2D eigenvalue weighted by atomic mass is 10.0. The van der Waals surface area contributed by atoms with Crippen molar-refractivity contribution in [3.63, 3.8) is 0 Å². The lowest BCUT2D eigenvalue weighted by Crippen LogP contribution is -1.89. The highest BCUT2D eigenvalue weighted by molar-refractivity contribution is 4.78. The van der Waals surface area contributed by atoms with Crippen LogP contribution in [0, 0.1) is 5.92 Å². The number of hydrogen-bond acceptors (Lipinski definition) is 0. The van der Waals surface area contributed by atoms with Crippen LogP contribution >= 0.6 is 0 Å². The Morgan fingerprint density at radius 1 is 1.44 bits per heavy atom. The van der Waals surface area contributed by atoms with Crippen molar-refractivity contribution in [1.82, 2.24) is 0 Å². The van der Waals surface area contributed by atoms with Crippen LogP contribution in [0.25, 0.3) is 0 Å². The monoisotopic (exact) mass is 126 g/mol. The molecule has 0 saturated heterocycles. The molecule has 0 bridgehead atoms. The summed E-state index contributed by atoms with van der Waals surface area (Å²) < 4.78 is 0. The fourth-order valence-electron chi connectivity index (χ4n) is 0.979. The van der Waals surface area contributed by atoms with Crippen LogP contribution in [0.4, 0.5) is 0 Å². The molecule has 0 aliphatic carbocycles. The summed E-state index contributed by atoms with van der Waals surface area (Å²) in [4.78, 5) is 0. The van der Waals surface area contributed by atoms with Crippen LogP contribution in [-0.4, -0.2) is 0 Å². The van der Waals surface area contributed by atoms with Gasteiger partial charge in [0, 0.05) is 0 Å². The Morgan fingerprint density at radius 3 is 2.56 bits per heavy atom. The largest absolute Gasteiger partial charge is 0.0917 e. The number of rotatable bonds is 4. The van der Waals surface area contributed by atoms with Gasteiger partial charge >= 0.3 is 0 Å². The molecule has 0 aromatic carbocycles. The summed E-state index contributed by atoms with van der Waals surface area (Å²) in [7, 11) is 0. The lowest BCUT2D eigenvalue weighted by molar-refractivity contribution is 0.532. The topological polar surface area (TPSA) is 0 Å². The molecule has 9 heavy (non-hydrogen) atoms. The fourth-order valence-corrected chi connectivity index (χ4v) is 0.979. The van der Waals surface area contributed by atoms with Crippen molar-refractivity contribution in [2.75, 3.05) is 0 Å². The van der Waals surface area contributed by atoms with Gasteiger partial charge in [0.15, 0.2) is 0 Å². The maximum Gasteiger partial charge on any atom is -0.0325 e. The molecule has 0 aromatic heterocycles. The molecule has 0 aromatic rings. The third kappa shape index (κ3) is 5.61. The van der Waals surface area contributed by atoms with Gasteiger partial charge in [-0.05, 0) is 19.3 Å². The van der Waals surface area contributed by atoms with Crippen LogP contribution in [0.3, 0.4) is 0 Å². The standard InChI is InChI=1S/C9H18/c1-4-6-8-9(3)7-5-2/h4,6,9H,5,7-8H2,1-3H3/b6-4+. The smallest absolute Gasteiger partial charge is 0.0325 e. The van der Waals surface area contributed by atoms with E-state index >= 15 is 0 Å². The van der Waals surface area contributed by atoms with E-state index in [1.54, 1.807) is 0 Å². The molecule has 0 saturated carbocycles. The molecule has 0 amide bonds. The SMILES string of the molecule is C/C=C/CC(C)CCC. The van der Waals surface area contributed by atoms with Gasteiger partial charge in [-0.1, -0.05) is 38.8 Å². The van der Waals surface area contributed by atoms with Gasteiger partial charge in [0.25, 0.3) is 0 Å². The average molecular weight is 126 g/mol. The molecule has 0 rings (SSSR count). The quantitative estimate of drug-likeness (QED) is 0.506. The fraction of sp³-hybridized carbons (Fsp3) is 0.778. The molecule has 0 nitrogen and oxygen atoms in total. The van der Waals surface area contributed by atoms with E-state index in [0.717, 1.165) is 5.92 Å². The summed E-state index contributed by atoms with van der Waals surface area (Å²) in [6.07, 6.45) is 8.32. The van der Waals surface area contributed by atoms with E-state index in [4.69, 9.17) is 0 Å². The predicted octanol–water partition coefficient (Wildman–Crippen LogP) is 3.39. The van der Waals surface area contributed by atoms with Crippen LogP contribution < -0.4 is 0 Å². The van der Waals surface area contributed by atoms with Gasteiger partial charge in [-0.15, -0.1) is 0 Å². The first-order chi connectivity index (χ1) is 4.31. The molecular formula is C9H18. The highest BCUT2D eigenvalue weighted by Crippen LogP contribution is 2.09. The van der Waals surface area contributed by atoms with Crippen LogP contribution in [0.2, 0.25) is 0 Å². The Labute approximate surface area is 59.0 Å². The van der Waals surface area contributed by atoms with Crippen molar-refractivity contribution >= 4 is 0 Å². The number of allylic oxidation sites excluding steroid dienone is 2. The predicted molar refractivity (Wildman–Crippen MR) is 43.5 cm³/mol. The zero-order valence-electron chi connectivity index (χ0n) is 6.85. The molecule has 0 fully saturated rings. The molecule has 0 spiro atoms. The van der Waals surface area contributed by atoms with Gasteiger partial charge in [0.05, 0.1) is 0 Å². The first-order valence-corrected chi connectivity index (χ1v) is 3.92. The molecular weight excluding hydrogens is 108 g/mol. The lowest BCUT2D eigenvalue weighted by Gasteiger charge is -2.04. The van der Waals surface area contributed by atoms with Gasteiger partial charge in [-0.3, -0.25) is 0 Å². The Kier molecular flexibility index (Phi) is 5.70. The van der Waals surface area contributed by atoms with Crippen LogP contribution in [0.1, 0.15) is 40.0 Å². The zero-order chi connectivity index (χ0) is 7.11. The summed E-state index contributed by atoms with van der Waals surface area (Å²) in [6.45, 7) is 6.63. The van der Waals surface area contributed by atoms with Crippen LogP contribution in [0.15, 0.2) is 12.2 Å². The summed E-state index contributed by atoms with van der Waals surface area (Å²) in [5.41, 5.74) is 0. The molecule has 0 N–H and O–H groups in total. The van der Waals surface area contributed by atoms with E-state index in [2.05, 4.69) is 32.9 Å².